The molecule has 3 fully saturated rings. The Kier molecular flexibility index (Phi) is 4.77. The van der Waals surface area contributed by atoms with E-state index in [1.807, 2.05) is 13.8 Å². The van der Waals surface area contributed by atoms with E-state index in [1.165, 1.54) is 0 Å². The number of carbonyl (C=O) groups excluding carboxylic acids is 2. The number of carboxylic acid groups (broad SMARTS) is 2. The van der Waals surface area contributed by atoms with Crippen LogP contribution in [0.4, 0.5) is 0 Å². The number of fused-ring (bicyclic) bond motifs is 5. The van der Waals surface area contributed by atoms with E-state index >= 15 is 0 Å². The van der Waals surface area contributed by atoms with Gasteiger partial charge in [-0.05, 0) is 55.4 Å². The van der Waals surface area contributed by atoms with E-state index in [-0.39, 0.29) is 43.2 Å². The minimum Gasteiger partial charge on any atom is -0.481 e. The number of ketones is 2. The Morgan fingerprint density at radius 3 is 2.50 bits per heavy atom. The highest BCUT2D eigenvalue weighted by Crippen LogP contribution is 2.68. The van der Waals surface area contributed by atoms with Crippen LogP contribution in [0.1, 0.15) is 65.2 Å². The van der Waals surface area contributed by atoms with Gasteiger partial charge in [-0.25, -0.2) is 0 Å². The summed E-state index contributed by atoms with van der Waals surface area (Å²) in [6, 6.07) is 0. The van der Waals surface area contributed by atoms with Gasteiger partial charge >= 0.3 is 11.9 Å². The Balaban J connectivity index is 1.78. The second-order valence-corrected chi connectivity index (χ2v) is 10.4. The number of hydrogen-bond donors (Lipinski definition) is 3. The van der Waals surface area contributed by atoms with Crippen LogP contribution in [0.15, 0.2) is 11.6 Å². The molecule has 30 heavy (non-hydrogen) atoms. The van der Waals surface area contributed by atoms with Gasteiger partial charge in [0.25, 0.3) is 0 Å². The summed E-state index contributed by atoms with van der Waals surface area (Å²) in [6.07, 6.45) is 3.69. The smallest absolute Gasteiger partial charge is 0.307 e. The Bertz CT molecular complexity index is 860. The average Bonchev–Trinajstić information content (AvgIpc) is 2.91. The molecule has 4 rings (SSSR count). The van der Waals surface area contributed by atoms with Crippen molar-refractivity contribution in [3.8, 4) is 0 Å². The van der Waals surface area contributed by atoms with Crippen molar-refractivity contribution in [1.29, 1.82) is 0 Å². The second kappa shape index (κ2) is 6.74. The number of carboxylic acids is 2. The molecule has 0 aromatic heterocycles. The van der Waals surface area contributed by atoms with Crippen molar-refractivity contribution in [2.45, 2.75) is 70.8 Å². The summed E-state index contributed by atoms with van der Waals surface area (Å²) in [4.78, 5) is 49.0. The topological polar surface area (TPSA) is 129 Å². The molecule has 3 N–H and O–H groups in total. The van der Waals surface area contributed by atoms with Crippen LogP contribution in [-0.2, 0) is 19.2 Å². The molecule has 4 aliphatic rings. The predicted molar refractivity (Wildman–Crippen MR) is 105 cm³/mol. The van der Waals surface area contributed by atoms with E-state index in [2.05, 4.69) is 0 Å². The fraction of sp³-hybridized carbons (Fsp3) is 0.739. The van der Waals surface area contributed by atoms with E-state index in [1.54, 1.807) is 6.08 Å². The lowest BCUT2D eigenvalue weighted by Crippen LogP contribution is -2.61. The molecule has 0 aromatic rings. The summed E-state index contributed by atoms with van der Waals surface area (Å²) < 4.78 is 0. The van der Waals surface area contributed by atoms with Crippen LogP contribution in [0, 0.1) is 34.5 Å². The zero-order valence-electron chi connectivity index (χ0n) is 17.5. The molecular weight excluding hydrogens is 388 g/mol. The Hall–Kier alpha value is -2.02. The van der Waals surface area contributed by atoms with Crippen LogP contribution in [0.25, 0.3) is 0 Å². The molecule has 0 aliphatic heterocycles. The summed E-state index contributed by atoms with van der Waals surface area (Å²) in [5.41, 5.74) is -1.87. The van der Waals surface area contributed by atoms with Gasteiger partial charge < -0.3 is 15.3 Å². The number of aliphatic carboxylic acids is 2. The molecule has 0 saturated heterocycles. The molecule has 4 aliphatic carbocycles. The van der Waals surface area contributed by atoms with Gasteiger partial charge in [0.05, 0.1) is 11.5 Å². The third-order valence-corrected chi connectivity index (χ3v) is 9.11. The maximum absolute atomic E-state index is 13.6. The highest BCUT2D eigenvalue weighted by Gasteiger charge is 2.68. The summed E-state index contributed by atoms with van der Waals surface area (Å²) in [7, 11) is 0. The summed E-state index contributed by atoms with van der Waals surface area (Å²) in [5.74, 6) is -3.87. The van der Waals surface area contributed by atoms with Crippen LogP contribution < -0.4 is 0 Å². The lowest BCUT2D eigenvalue weighted by molar-refractivity contribution is -0.174. The van der Waals surface area contributed by atoms with Crippen molar-refractivity contribution in [1.82, 2.24) is 0 Å². The van der Waals surface area contributed by atoms with Crippen LogP contribution in [0.3, 0.4) is 0 Å². The highest BCUT2D eigenvalue weighted by atomic mass is 16.4. The molecular formula is C23H30O7. The number of Topliss-reactive ketones (excluding diaryl/α,β-unsaturated/α-hetero) is 1. The lowest BCUT2D eigenvalue weighted by Gasteiger charge is -2.59. The highest BCUT2D eigenvalue weighted by molar-refractivity contribution is 5.93. The van der Waals surface area contributed by atoms with E-state index < -0.39 is 46.1 Å². The first-order chi connectivity index (χ1) is 13.9. The molecule has 0 aromatic carbocycles. The van der Waals surface area contributed by atoms with Gasteiger partial charge in [-0.1, -0.05) is 19.4 Å². The molecule has 3 saturated carbocycles. The first kappa shape index (κ1) is 21.2. The third-order valence-electron chi connectivity index (χ3n) is 9.11. The number of carbonyl (C=O) groups is 4. The maximum Gasteiger partial charge on any atom is 0.307 e. The fourth-order valence-electron chi connectivity index (χ4n) is 7.44. The van der Waals surface area contributed by atoms with E-state index in [4.69, 9.17) is 5.11 Å². The standard InChI is InChI=1S/C23H30O7/c1-21-6-3-13(24)9-12(21)10-14(20(28)29)18-15-4-7-23(30,8-5-17(26)27)22(15,2)11-16(25)19(18)21/h9,14-15,18-19,30H,3-8,10-11H2,1-2H3,(H,26,27)(H,28,29)/t14-,15+,18+,19+,21+,22+,23-/m1/s1. The molecule has 0 amide bonds. The minimum atomic E-state index is -1.29. The molecule has 7 nitrogen and oxygen atoms in total. The van der Waals surface area contributed by atoms with Crippen molar-refractivity contribution in [3.05, 3.63) is 11.6 Å². The normalized spacial score (nSPS) is 45.2. The summed E-state index contributed by atoms with van der Waals surface area (Å²) in [6.45, 7) is 3.84. The van der Waals surface area contributed by atoms with E-state index in [0.29, 0.717) is 25.7 Å². The quantitative estimate of drug-likeness (QED) is 0.640. The average molecular weight is 418 g/mol. The first-order valence-corrected chi connectivity index (χ1v) is 10.9. The zero-order valence-corrected chi connectivity index (χ0v) is 17.5. The van der Waals surface area contributed by atoms with Gasteiger partial charge in [0, 0.05) is 30.6 Å². The number of aliphatic hydroxyl groups is 1. The molecule has 0 heterocycles. The Morgan fingerprint density at radius 2 is 1.87 bits per heavy atom. The van der Waals surface area contributed by atoms with Crippen LogP contribution in [-0.4, -0.2) is 44.4 Å². The maximum atomic E-state index is 13.6. The number of hydrogen-bond acceptors (Lipinski definition) is 5. The number of allylic oxidation sites excluding steroid dienone is 1. The zero-order chi connectivity index (χ0) is 22.1. The van der Waals surface area contributed by atoms with Gasteiger partial charge in [0.2, 0.25) is 0 Å². The van der Waals surface area contributed by atoms with Crippen molar-refractivity contribution < 1.29 is 34.5 Å². The summed E-state index contributed by atoms with van der Waals surface area (Å²) in [5, 5.41) is 30.6. The largest absolute Gasteiger partial charge is 0.481 e. The van der Waals surface area contributed by atoms with Crippen molar-refractivity contribution >= 4 is 23.5 Å². The fourth-order valence-corrected chi connectivity index (χ4v) is 7.44. The van der Waals surface area contributed by atoms with Crippen LogP contribution in [0.2, 0.25) is 0 Å². The van der Waals surface area contributed by atoms with Crippen LogP contribution in [0.5, 0.6) is 0 Å². The molecule has 0 radical (unpaired) electrons. The summed E-state index contributed by atoms with van der Waals surface area (Å²) >= 11 is 0. The van der Waals surface area contributed by atoms with Gasteiger partial charge in [-0.3, -0.25) is 19.2 Å². The van der Waals surface area contributed by atoms with E-state index in [0.717, 1.165) is 5.57 Å². The SMILES string of the molecule is C[C@]12CCC(=O)C=C1C[C@@H](C(=O)O)[C@@H]1[C@@H]2C(=O)C[C@@]2(C)[C@H]1CC[C@@]2(O)CCC(=O)O. The third kappa shape index (κ3) is 2.81. The van der Waals surface area contributed by atoms with Crippen molar-refractivity contribution in [3.63, 3.8) is 0 Å². The van der Waals surface area contributed by atoms with E-state index in [9.17, 15) is 29.4 Å². The van der Waals surface area contributed by atoms with Gasteiger partial charge in [0.15, 0.2) is 5.78 Å². The van der Waals surface area contributed by atoms with Crippen molar-refractivity contribution in [2.75, 3.05) is 0 Å². The molecule has 0 unspecified atom stereocenters. The molecule has 7 heteroatoms. The van der Waals surface area contributed by atoms with Gasteiger partial charge in [0.1, 0.15) is 5.78 Å². The Morgan fingerprint density at radius 1 is 1.17 bits per heavy atom. The molecule has 0 spiro atoms. The minimum absolute atomic E-state index is 0.0120. The number of rotatable bonds is 4. The second-order valence-electron chi connectivity index (χ2n) is 10.4. The molecule has 7 atom stereocenters. The first-order valence-electron chi connectivity index (χ1n) is 10.9. The monoisotopic (exact) mass is 418 g/mol. The molecule has 164 valence electrons. The van der Waals surface area contributed by atoms with Gasteiger partial charge in [-0.15, -0.1) is 0 Å². The molecule has 0 bridgehead atoms. The van der Waals surface area contributed by atoms with Crippen molar-refractivity contribution in [2.24, 2.45) is 34.5 Å². The van der Waals surface area contributed by atoms with Gasteiger partial charge in [-0.2, -0.15) is 0 Å². The lowest BCUT2D eigenvalue weighted by atomic mass is 9.43. The van der Waals surface area contributed by atoms with Crippen LogP contribution >= 0.6 is 0 Å². The predicted octanol–water partition coefficient (Wildman–Crippen LogP) is 2.60. The Labute approximate surface area is 175 Å².